The normalized spacial score (nSPS) is 12.5. The molecule has 0 saturated carbocycles. The summed E-state index contributed by atoms with van der Waals surface area (Å²) in [6.07, 6.45) is 0.858. The maximum atomic E-state index is 9.93. The fraction of sp³-hybridized carbons (Fsp3) is 0.750. The Bertz CT molecular complexity index is 200. The minimum atomic E-state index is -0.959. The molecule has 2 atom stereocenters. The number of carbonyl (C=O) groups is 2. The largest absolute Gasteiger partial charge is 0.480 e. The summed E-state index contributed by atoms with van der Waals surface area (Å²) >= 11 is 7.62. The van der Waals surface area contributed by atoms with Crippen molar-refractivity contribution in [2.45, 2.75) is 24.9 Å². The van der Waals surface area contributed by atoms with Crippen LogP contribution in [0.25, 0.3) is 0 Å². The van der Waals surface area contributed by atoms with Crippen LogP contribution < -0.4 is 11.5 Å². The van der Waals surface area contributed by atoms with E-state index in [1.54, 1.807) is 0 Å². The fourth-order valence-electron chi connectivity index (χ4n) is 0.525. The van der Waals surface area contributed by atoms with Crippen molar-refractivity contribution in [3.8, 4) is 0 Å². The predicted octanol–water partition coefficient (Wildman–Crippen LogP) is -0.566. The molecule has 6 nitrogen and oxygen atoms in total. The van der Waals surface area contributed by atoms with E-state index in [1.165, 1.54) is 0 Å². The van der Waals surface area contributed by atoms with E-state index >= 15 is 0 Å². The zero-order valence-electron chi connectivity index (χ0n) is 9.08. The molecule has 0 unspecified atom stereocenters. The van der Waals surface area contributed by atoms with Gasteiger partial charge in [-0.2, -0.15) is 25.3 Å². The molecule has 0 aliphatic carbocycles. The summed E-state index contributed by atoms with van der Waals surface area (Å²) in [5.74, 6) is -0.876. The van der Waals surface area contributed by atoms with Gasteiger partial charge in [-0.05, 0) is 24.3 Å². The van der Waals surface area contributed by atoms with Gasteiger partial charge >= 0.3 is 11.9 Å². The van der Waals surface area contributed by atoms with Gasteiger partial charge in [0.25, 0.3) is 0 Å². The number of nitrogens with two attached hydrogens (primary N) is 2. The van der Waals surface area contributed by atoms with Gasteiger partial charge in [0.2, 0.25) is 0 Å². The van der Waals surface area contributed by atoms with Crippen LogP contribution in [-0.2, 0) is 26.4 Å². The number of rotatable bonds is 6. The minimum absolute atomic E-state index is 0. The predicted molar refractivity (Wildman–Crippen MR) is 68.2 cm³/mol. The first-order valence-electron chi connectivity index (χ1n) is 4.55. The molecule has 0 fully saturated rings. The molecule has 0 spiro atoms. The van der Waals surface area contributed by atoms with Crippen LogP contribution in [0.4, 0.5) is 0 Å². The van der Waals surface area contributed by atoms with E-state index < -0.39 is 24.0 Å². The molecule has 9 heteroatoms. The maximum absolute atomic E-state index is 9.93. The van der Waals surface area contributed by atoms with Gasteiger partial charge in [0.05, 0.1) is 0 Å². The second-order valence-electron chi connectivity index (χ2n) is 2.91. The van der Waals surface area contributed by atoms with E-state index in [2.05, 4.69) is 25.3 Å². The average Bonchev–Trinajstić information content (AvgIpc) is 2.19. The van der Waals surface area contributed by atoms with Crippen molar-refractivity contribution in [2.24, 2.45) is 11.5 Å². The van der Waals surface area contributed by atoms with Crippen molar-refractivity contribution in [1.82, 2.24) is 0 Å². The van der Waals surface area contributed by atoms with Crippen LogP contribution in [0.5, 0.6) is 0 Å². The van der Waals surface area contributed by atoms with Crippen LogP contribution in [0, 0.1) is 0 Å². The third-order valence-electron chi connectivity index (χ3n) is 1.51. The second-order valence-corrected chi connectivity index (χ2v) is 3.81. The van der Waals surface area contributed by atoms with Crippen LogP contribution >= 0.6 is 25.3 Å². The number of thiol groups is 2. The molecule has 0 rings (SSSR count). The van der Waals surface area contributed by atoms with Crippen LogP contribution in [0.3, 0.4) is 0 Å². The zero-order chi connectivity index (χ0) is 13.1. The Kier molecular flexibility index (Phi) is 18.5. The second kappa shape index (κ2) is 14.1. The van der Waals surface area contributed by atoms with Crippen LogP contribution in [0.2, 0.25) is 0 Å². The summed E-state index contributed by atoms with van der Waals surface area (Å²) in [6, 6.07) is -1.49. The van der Waals surface area contributed by atoms with E-state index in [4.69, 9.17) is 21.7 Å². The smallest absolute Gasteiger partial charge is 0.320 e. The van der Waals surface area contributed by atoms with E-state index in [0.29, 0.717) is 24.3 Å². The molecule has 105 valence electrons. The van der Waals surface area contributed by atoms with Crippen molar-refractivity contribution in [3.63, 3.8) is 0 Å². The molecule has 0 aliphatic heterocycles. The van der Waals surface area contributed by atoms with Crippen LogP contribution in [-0.4, -0.2) is 45.7 Å². The minimum Gasteiger partial charge on any atom is -0.480 e. The molecule has 0 amide bonds. The van der Waals surface area contributed by atoms with Gasteiger partial charge in [0, 0.05) is 16.8 Å². The van der Waals surface area contributed by atoms with Crippen LogP contribution in [0.15, 0.2) is 0 Å². The van der Waals surface area contributed by atoms with E-state index in [0.717, 1.165) is 0 Å². The molecule has 6 N–H and O–H groups in total. The SMILES string of the molecule is N[C@@H](CCS)C(=O)O.N[C@@H](CCS)C(=O)O.[Co]. The summed E-state index contributed by atoms with van der Waals surface area (Å²) in [6.45, 7) is 0. The van der Waals surface area contributed by atoms with Crippen molar-refractivity contribution in [1.29, 1.82) is 0 Å². The molecule has 0 bridgehead atoms. The monoisotopic (exact) mass is 329 g/mol. The Morgan fingerprint density at radius 3 is 1.24 bits per heavy atom. The molecule has 0 saturated heterocycles. The molecule has 17 heavy (non-hydrogen) atoms. The Hall–Kier alpha value is 0.0665. The molecule has 0 aromatic carbocycles. The summed E-state index contributed by atoms with van der Waals surface area (Å²) < 4.78 is 0. The number of carboxylic acids is 2. The quantitative estimate of drug-likeness (QED) is 0.363. The third-order valence-corrected chi connectivity index (χ3v) is 2.03. The first-order chi connectivity index (χ1) is 7.36. The first kappa shape index (κ1) is 22.3. The summed E-state index contributed by atoms with van der Waals surface area (Å²) in [5.41, 5.74) is 10.2. The maximum Gasteiger partial charge on any atom is 0.320 e. The zero-order valence-corrected chi connectivity index (χ0v) is 11.9. The average molecular weight is 329 g/mol. The van der Waals surface area contributed by atoms with Crippen LogP contribution in [0.1, 0.15) is 12.8 Å². The number of hydrogen-bond acceptors (Lipinski definition) is 6. The van der Waals surface area contributed by atoms with E-state index in [9.17, 15) is 9.59 Å². The number of hydrogen-bond donors (Lipinski definition) is 6. The van der Waals surface area contributed by atoms with Gasteiger partial charge in [-0.15, -0.1) is 0 Å². The van der Waals surface area contributed by atoms with E-state index in [-0.39, 0.29) is 16.8 Å². The van der Waals surface area contributed by atoms with Gasteiger partial charge < -0.3 is 21.7 Å². The fourth-order valence-corrected chi connectivity index (χ4v) is 1.08. The number of carboxylic acid groups (broad SMARTS) is 2. The van der Waals surface area contributed by atoms with Gasteiger partial charge in [0.1, 0.15) is 12.1 Å². The standard InChI is InChI=1S/2C4H9NO2S.Co/c2*5-3(1-2-8)4(6)7;/h2*3,8H,1-2,5H2,(H,6,7);/t2*3-;/m00./s1. The molecule has 1 radical (unpaired) electrons. The Balaban J connectivity index is -0.000000218. The molecule has 0 aromatic heterocycles. The van der Waals surface area contributed by atoms with Crippen molar-refractivity contribution in [2.75, 3.05) is 11.5 Å². The van der Waals surface area contributed by atoms with Crippen molar-refractivity contribution in [3.05, 3.63) is 0 Å². The van der Waals surface area contributed by atoms with Crippen molar-refractivity contribution < 1.29 is 36.6 Å². The summed E-state index contributed by atoms with van der Waals surface area (Å²) in [7, 11) is 0. The Morgan fingerprint density at radius 1 is 0.941 bits per heavy atom. The van der Waals surface area contributed by atoms with Gasteiger partial charge in [0.15, 0.2) is 0 Å². The Labute approximate surface area is 122 Å². The third kappa shape index (κ3) is 16.1. The molecule has 0 aromatic rings. The molecular weight excluding hydrogens is 311 g/mol. The summed E-state index contributed by atoms with van der Waals surface area (Å²) in [5, 5.41) is 16.3. The first-order valence-corrected chi connectivity index (χ1v) is 5.81. The Morgan fingerprint density at radius 2 is 1.18 bits per heavy atom. The molecule has 0 heterocycles. The van der Waals surface area contributed by atoms with Gasteiger partial charge in [-0.25, -0.2) is 0 Å². The van der Waals surface area contributed by atoms with Gasteiger partial charge in [-0.1, -0.05) is 0 Å². The summed E-state index contributed by atoms with van der Waals surface area (Å²) in [4.78, 5) is 19.9. The van der Waals surface area contributed by atoms with E-state index in [1.807, 2.05) is 0 Å². The molecule has 0 aliphatic rings. The number of aliphatic carboxylic acids is 2. The molecular formula is C8H18CoN2O4S2. The topological polar surface area (TPSA) is 127 Å². The van der Waals surface area contributed by atoms with Crippen molar-refractivity contribution >= 4 is 37.2 Å². The van der Waals surface area contributed by atoms with Gasteiger partial charge in [-0.3, -0.25) is 9.59 Å².